The standard InChI is InChI=1S/C36H41F3N2O5/c1-6-17-40-18-16-34-31-25-11-12-28(44-5)32(31)45-33(34)27(14-15-35(34,29(40)20-25)46-23(4)42)41(21-22(2)3)30(43)13-10-24-8-7-9-26(19-24)36(37,38)39/h6-13,19,22,27,29,33H,1,14-18,20-21H2,2-5H3/b13-10+/t27?,29-,33?,34+,35-/m1/s1. The zero-order valence-electron chi connectivity index (χ0n) is 26.7. The van der Waals surface area contributed by atoms with Gasteiger partial charge in [-0.05, 0) is 67.0 Å². The van der Waals surface area contributed by atoms with Crippen LogP contribution >= 0.6 is 0 Å². The highest BCUT2D eigenvalue weighted by molar-refractivity contribution is 5.92. The molecule has 0 N–H and O–H groups in total. The SMILES string of the molecule is C=CCN1CC[C@]23c4c5ccc(OC)c4OC2C(N(CC(C)C)C(=O)/C=C/c2cccc(C(F)(F)F)c2)CC[C@@]3(OC(C)=O)[C@H]1C5. The summed E-state index contributed by atoms with van der Waals surface area (Å²) >= 11 is 0. The third-order valence-electron chi connectivity index (χ3n) is 10.3. The first-order valence-electron chi connectivity index (χ1n) is 15.9. The molecular formula is C36H41F3N2O5. The summed E-state index contributed by atoms with van der Waals surface area (Å²) in [7, 11) is 1.60. The smallest absolute Gasteiger partial charge is 0.416 e. The minimum absolute atomic E-state index is 0.103. The average Bonchev–Trinajstić information content (AvgIpc) is 3.35. The normalized spacial score (nSPS) is 28.0. The molecule has 2 aromatic rings. The van der Waals surface area contributed by atoms with Crippen LogP contribution in [0.2, 0.25) is 0 Å². The van der Waals surface area contributed by atoms with Gasteiger partial charge in [0.25, 0.3) is 0 Å². The molecule has 246 valence electrons. The van der Waals surface area contributed by atoms with E-state index < -0.39 is 28.9 Å². The molecule has 2 unspecified atom stereocenters. The van der Waals surface area contributed by atoms with Crippen molar-refractivity contribution in [3.05, 3.63) is 77.4 Å². The Morgan fingerprint density at radius 2 is 2.00 bits per heavy atom. The Balaban J connectivity index is 1.45. The molecule has 2 heterocycles. The second-order valence-corrected chi connectivity index (χ2v) is 13.3. The number of halogens is 3. The van der Waals surface area contributed by atoms with Crippen molar-refractivity contribution in [2.24, 2.45) is 5.92 Å². The molecule has 5 atom stereocenters. The maximum atomic E-state index is 14.1. The highest BCUT2D eigenvalue weighted by Crippen LogP contribution is 2.67. The number of piperidine rings is 1. The van der Waals surface area contributed by atoms with E-state index in [2.05, 4.69) is 17.5 Å². The average molecular weight is 639 g/mol. The number of methoxy groups -OCH3 is 1. The zero-order valence-corrected chi connectivity index (χ0v) is 26.7. The zero-order chi connectivity index (χ0) is 33.0. The van der Waals surface area contributed by atoms with E-state index in [0.717, 1.165) is 29.8 Å². The van der Waals surface area contributed by atoms with Gasteiger partial charge in [0, 0.05) is 38.2 Å². The Labute approximate surface area is 268 Å². The Morgan fingerprint density at radius 1 is 1.22 bits per heavy atom. The molecule has 1 spiro atoms. The van der Waals surface area contributed by atoms with E-state index in [1.807, 2.05) is 30.9 Å². The lowest BCUT2D eigenvalue weighted by molar-refractivity contribution is -0.223. The van der Waals surface area contributed by atoms with Gasteiger partial charge < -0.3 is 19.1 Å². The Kier molecular flexibility index (Phi) is 8.24. The molecule has 2 bridgehead atoms. The van der Waals surface area contributed by atoms with Crippen molar-refractivity contribution in [3.8, 4) is 11.5 Å². The summed E-state index contributed by atoms with van der Waals surface area (Å²) in [6.45, 7) is 11.3. The number of nitrogens with zero attached hydrogens (tertiary/aromatic N) is 2. The van der Waals surface area contributed by atoms with Gasteiger partial charge in [-0.25, -0.2) is 0 Å². The summed E-state index contributed by atoms with van der Waals surface area (Å²) in [5.74, 6) is 0.666. The van der Waals surface area contributed by atoms with Crippen LogP contribution in [0.4, 0.5) is 13.2 Å². The summed E-state index contributed by atoms with van der Waals surface area (Å²) in [6.07, 6.45) is 1.99. The summed E-state index contributed by atoms with van der Waals surface area (Å²) in [6, 6.07) is 8.41. The Morgan fingerprint density at radius 3 is 2.67 bits per heavy atom. The number of carbonyl (C=O) groups excluding carboxylic acids is 2. The lowest BCUT2D eigenvalue weighted by Gasteiger charge is -2.65. The number of ether oxygens (including phenoxy) is 3. The minimum Gasteiger partial charge on any atom is -0.493 e. The van der Waals surface area contributed by atoms with Crippen molar-refractivity contribution >= 4 is 18.0 Å². The van der Waals surface area contributed by atoms with Gasteiger partial charge in [0.15, 0.2) is 11.5 Å². The van der Waals surface area contributed by atoms with Gasteiger partial charge in [0.1, 0.15) is 11.7 Å². The van der Waals surface area contributed by atoms with Gasteiger partial charge in [-0.15, -0.1) is 6.58 Å². The van der Waals surface area contributed by atoms with E-state index in [9.17, 15) is 22.8 Å². The van der Waals surface area contributed by atoms with Crippen LogP contribution in [0.3, 0.4) is 0 Å². The molecule has 2 aromatic carbocycles. The fourth-order valence-corrected chi connectivity index (χ4v) is 8.76. The highest BCUT2D eigenvalue weighted by atomic mass is 19.4. The number of rotatable bonds is 9. The number of amides is 1. The number of carbonyl (C=O) groups is 2. The van der Waals surface area contributed by atoms with E-state index in [-0.39, 0.29) is 35.4 Å². The van der Waals surface area contributed by atoms with Crippen LogP contribution in [0.15, 0.2) is 55.1 Å². The highest BCUT2D eigenvalue weighted by Gasteiger charge is 2.75. The Bertz CT molecular complexity index is 1570. The van der Waals surface area contributed by atoms with Crippen LogP contribution in [-0.4, -0.2) is 72.2 Å². The third kappa shape index (κ3) is 5.00. The molecule has 6 rings (SSSR count). The molecule has 10 heteroatoms. The molecule has 1 saturated carbocycles. The lowest BCUT2D eigenvalue weighted by atomic mass is 9.48. The van der Waals surface area contributed by atoms with Crippen LogP contribution in [0.1, 0.15) is 62.3 Å². The lowest BCUT2D eigenvalue weighted by Crippen LogP contribution is -2.79. The second-order valence-electron chi connectivity index (χ2n) is 13.3. The summed E-state index contributed by atoms with van der Waals surface area (Å²) in [5, 5.41) is 0. The van der Waals surface area contributed by atoms with Crippen molar-refractivity contribution in [3.63, 3.8) is 0 Å². The van der Waals surface area contributed by atoms with Crippen LogP contribution in [0.5, 0.6) is 11.5 Å². The van der Waals surface area contributed by atoms with Gasteiger partial charge in [-0.1, -0.05) is 38.1 Å². The molecule has 2 fully saturated rings. The first kappa shape index (κ1) is 32.2. The molecule has 7 nitrogen and oxygen atoms in total. The van der Waals surface area contributed by atoms with Crippen LogP contribution < -0.4 is 9.47 Å². The fourth-order valence-electron chi connectivity index (χ4n) is 8.76. The van der Waals surface area contributed by atoms with E-state index >= 15 is 0 Å². The number of esters is 1. The first-order valence-corrected chi connectivity index (χ1v) is 15.9. The number of hydrogen-bond donors (Lipinski definition) is 0. The maximum absolute atomic E-state index is 14.1. The number of alkyl halides is 3. The molecule has 1 amide bonds. The predicted molar refractivity (Wildman–Crippen MR) is 168 cm³/mol. The van der Waals surface area contributed by atoms with Gasteiger partial charge in [-0.2, -0.15) is 13.2 Å². The van der Waals surface area contributed by atoms with Crippen molar-refractivity contribution in [2.45, 2.75) is 81.8 Å². The molecule has 1 saturated heterocycles. The van der Waals surface area contributed by atoms with E-state index in [4.69, 9.17) is 14.2 Å². The molecule has 4 aliphatic rings. The predicted octanol–water partition coefficient (Wildman–Crippen LogP) is 6.19. The molecule has 46 heavy (non-hydrogen) atoms. The van der Waals surface area contributed by atoms with E-state index in [0.29, 0.717) is 50.3 Å². The summed E-state index contributed by atoms with van der Waals surface area (Å²) in [5.41, 5.74) is 0.00665. The maximum Gasteiger partial charge on any atom is 0.416 e. The van der Waals surface area contributed by atoms with Gasteiger partial charge in [-0.3, -0.25) is 14.5 Å². The van der Waals surface area contributed by atoms with E-state index in [1.165, 1.54) is 25.1 Å². The fraction of sp³-hybridized carbons (Fsp3) is 0.500. The van der Waals surface area contributed by atoms with Crippen LogP contribution in [0, 0.1) is 5.92 Å². The van der Waals surface area contributed by atoms with Crippen molar-refractivity contribution in [1.29, 1.82) is 0 Å². The van der Waals surface area contributed by atoms with Crippen LogP contribution in [0.25, 0.3) is 6.08 Å². The summed E-state index contributed by atoms with van der Waals surface area (Å²) < 4.78 is 59.3. The molecule has 2 aliphatic carbocycles. The molecule has 0 radical (unpaired) electrons. The van der Waals surface area contributed by atoms with Crippen molar-refractivity contribution in [2.75, 3.05) is 26.7 Å². The van der Waals surface area contributed by atoms with Crippen LogP contribution in [-0.2, 0) is 32.3 Å². The minimum atomic E-state index is -4.48. The van der Waals surface area contributed by atoms with Gasteiger partial charge in [0.05, 0.1) is 30.2 Å². The monoisotopic (exact) mass is 638 g/mol. The molecule has 2 aliphatic heterocycles. The number of benzene rings is 2. The largest absolute Gasteiger partial charge is 0.493 e. The first-order chi connectivity index (χ1) is 21.9. The topological polar surface area (TPSA) is 68.3 Å². The van der Waals surface area contributed by atoms with E-state index in [1.54, 1.807) is 13.2 Å². The quantitative estimate of drug-likeness (QED) is 0.185. The Hall–Kier alpha value is -3.79. The molecule has 0 aromatic heterocycles. The van der Waals surface area contributed by atoms with Crippen molar-refractivity contribution < 1.29 is 37.0 Å². The summed E-state index contributed by atoms with van der Waals surface area (Å²) in [4.78, 5) is 31.2. The second kappa shape index (κ2) is 11.8. The number of likely N-dealkylation sites (tertiary alicyclic amines) is 1. The number of hydrogen-bond acceptors (Lipinski definition) is 6. The molecular weight excluding hydrogens is 597 g/mol. The van der Waals surface area contributed by atoms with Crippen molar-refractivity contribution in [1.82, 2.24) is 9.80 Å². The van der Waals surface area contributed by atoms with Gasteiger partial charge in [0.2, 0.25) is 5.91 Å². The van der Waals surface area contributed by atoms with Gasteiger partial charge >= 0.3 is 12.1 Å². The third-order valence-corrected chi connectivity index (χ3v) is 10.3.